The van der Waals surface area contributed by atoms with Crippen LogP contribution in [0, 0.1) is 10.1 Å². The van der Waals surface area contributed by atoms with Crippen LogP contribution in [0.25, 0.3) is 5.57 Å². The van der Waals surface area contributed by atoms with Crippen molar-refractivity contribution in [1.82, 2.24) is 4.98 Å². The van der Waals surface area contributed by atoms with E-state index in [1.54, 1.807) is 24.3 Å². The van der Waals surface area contributed by atoms with Crippen LogP contribution < -0.4 is 20.1 Å². The number of pyridine rings is 1. The van der Waals surface area contributed by atoms with Crippen LogP contribution in [0.1, 0.15) is 24.0 Å². The Bertz CT molecular complexity index is 1450. The Labute approximate surface area is 217 Å². The Morgan fingerprint density at radius 1 is 1.08 bits per heavy atom. The van der Waals surface area contributed by atoms with Gasteiger partial charge in [-0.05, 0) is 65.9 Å². The van der Waals surface area contributed by atoms with Gasteiger partial charge >= 0.3 is 5.69 Å². The first-order valence-corrected chi connectivity index (χ1v) is 12.0. The number of methoxy groups -OCH3 is 1. The lowest BCUT2D eigenvalue weighted by molar-refractivity contribution is -0.385. The van der Waals surface area contributed by atoms with E-state index in [1.165, 1.54) is 19.4 Å². The summed E-state index contributed by atoms with van der Waals surface area (Å²) in [5.41, 5.74) is 5.52. The summed E-state index contributed by atoms with van der Waals surface area (Å²) in [7, 11) is 1.41. The zero-order chi connectivity index (χ0) is 25.9. The summed E-state index contributed by atoms with van der Waals surface area (Å²) in [5, 5.41) is 18.2. The fourth-order valence-electron chi connectivity index (χ4n) is 4.35. The highest BCUT2D eigenvalue weighted by atomic mass is 35.5. The number of aromatic nitrogens is 1. The molecule has 0 saturated carbocycles. The van der Waals surface area contributed by atoms with Gasteiger partial charge in [-0.3, -0.25) is 14.9 Å². The topological polar surface area (TPSA) is 116 Å². The van der Waals surface area contributed by atoms with Crippen LogP contribution in [0.3, 0.4) is 0 Å². The molecular formula is C27H23ClN4O5. The number of hydrogen-bond acceptors (Lipinski definition) is 7. The SMILES string of the molecule is COc1cc(C2=CC3=C(CC2)C(=O)Nc2cc(CCOc4ccc(Cl)cn4)ccc2N3)ccc1[N+](=O)[O-]. The van der Waals surface area contributed by atoms with Crippen LogP contribution >= 0.6 is 11.6 Å². The second-order valence-corrected chi connectivity index (χ2v) is 9.01. The molecule has 2 N–H and O–H groups in total. The first kappa shape index (κ1) is 24.3. The molecule has 0 radical (unpaired) electrons. The molecule has 10 heteroatoms. The number of nitrogens with zero attached hydrogens (tertiary/aromatic N) is 2. The highest BCUT2D eigenvalue weighted by Gasteiger charge is 2.26. The molecule has 0 spiro atoms. The molecule has 5 rings (SSSR count). The van der Waals surface area contributed by atoms with Gasteiger partial charge < -0.3 is 20.1 Å². The zero-order valence-corrected chi connectivity index (χ0v) is 20.7. The summed E-state index contributed by atoms with van der Waals surface area (Å²) in [6.45, 7) is 0.425. The van der Waals surface area contributed by atoms with Crippen LogP contribution in [-0.2, 0) is 11.2 Å². The molecule has 1 amide bonds. The number of nitro benzene ring substituents is 1. The van der Waals surface area contributed by atoms with E-state index in [9.17, 15) is 14.9 Å². The van der Waals surface area contributed by atoms with Gasteiger partial charge in [0.2, 0.25) is 5.88 Å². The number of fused-ring (bicyclic) bond motifs is 1. The average Bonchev–Trinajstić information content (AvgIpc) is 3.04. The van der Waals surface area contributed by atoms with Crippen LogP contribution in [-0.4, -0.2) is 29.5 Å². The predicted octanol–water partition coefficient (Wildman–Crippen LogP) is 5.77. The Kier molecular flexibility index (Phi) is 6.78. The van der Waals surface area contributed by atoms with E-state index in [1.807, 2.05) is 24.3 Å². The third-order valence-electron chi connectivity index (χ3n) is 6.25. The summed E-state index contributed by atoms with van der Waals surface area (Å²) in [6.07, 6.45) is 5.24. The number of ether oxygens (including phenoxy) is 2. The van der Waals surface area contributed by atoms with Crippen molar-refractivity contribution in [3.05, 3.63) is 98.3 Å². The summed E-state index contributed by atoms with van der Waals surface area (Å²) < 4.78 is 10.9. The summed E-state index contributed by atoms with van der Waals surface area (Å²) in [4.78, 5) is 27.9. The summed E-state index contributed by atoms with van der Waals surface area (Å²) >= 11 is 5.85. The number of nitro groups is 1. The summed E-state index contributed by atoms with van der Waals surface area (Å²) in [6, 6.07) is 14.1. The molecule has 2 aliphatic rings. The number of anilines is 2. The quantitative estimate of drug-likeness (QED) is 0.301. The smallest absolute Gasteiger partial charge is 0.310 e. The maximum absolute atomic E-state index is 13.0. The number of carbonyl (C=O) groups is 1. The van der Waals surface area contributed by atoms with Gasteiger partial charge in [-0.15, -0.1) is 0 Å². The number of allylic oxidation sites excluding steroid dienone is 2. The van der Waals surface area contributed by atoms with Crippen molar-refractivity contribution in [2.75, 3.05) is 24.4 Å². The first-order valence-electron chi connectivity index (χ1n) is 11.6. The Morgan fingerprint density at radius 3 is 2.70 bits per heavy atom. The molecule has 0 saturated heterocycles. The number of nitrogens with one attached hydrogen (secondary N) is 2. The van der Waals surface area contributed by atoms with Crippen molar-refractivity contribution < 1.29 is 19.2 Å². The third kappa shape index (κ3) is 5.26. The molecular weight excluding hydrogens is 496 g/mol. The van der Waals surface area contributed by atoms with Crippen LogP contribution in [0.2, 0.25) is 5.02 Å². The molecule has 1 aliphatic carbocycles. The fraction of sp³-hybridized carbons (Fsp3) is 0.185. The molecule has 2 heterocycles. The molecule has 2 aromatic carbocycles. The van der Waals surface area contributed by atoms with E-state index < -0.39 is 4.92 Å². The van der Waals surface area contributed by atoms with Crippen LogP contribution in [0.4, 0.5) is 17.1 Å². The van der Waals surface area contributed by atoms with Gasteiger partial charge in [0.05, 0.1) is 35.0 Å². The number of carbonyl (C=O) groups excluding carboxylic acids is 1. The van der Waals surface area contributed by atoms with Crippen molar-refractivity contribution in [1.29, 1.82) is 0 Å². The van der Waals surface area contributed by atoms with Crippen molar-refractivity contribution in [3.8, 4) is 11.6 Å². The lowest BCUT2D eigenvalue weighted by atomic mass is 9.90. The molecule has 3 aromatic rings. The maximum Gasteiger partial charge on any atom is 0.310 e. The van der Waals surface area contributed by atoms with Gasteiger partial charge in [-0.1, -0.05) is 17.7 Å². The van der Waals surface area contributed by atoms with E-state index in [2.05, 4.69) is 15.6 Å². The summed E-state index contributed by atoms with van der Waals surface area (Å²) in [5.74, 6) is 0.541. The van der Waals surface area contributed by atoms with E-state index in [0.29, 0.717) is 53.7 Å². The van der Waals surface area contributed by atoms with Gasteiger partial charge in [0, 0.05) is 36.0 Å². The zero-order valence-electron chi connectivity index (χ0n) is 19.9. The van der Waals surface area contributed by atoms with Crippen molar-refractivity contribution in [3.63, 3.8) is 0 Å². The number of rotatable bonds is 7. The van der Waals surface area contributed by atoms with E-state index in [-0.39, 0.29) is 17.3 Å². The van der Waals surface area contributed by atoms with Gasteiger partial charge in [-0.25, -0.2) is 4.98 Å². The van der Waals surface area contributed by atoms with Crippen molar-refractivity contribution in [2.24, 2.45) is 0 Å². The van der Waals surface area contributed by atoms with E-state index in [4.69, 9.17) is 21.1 Å². The number of amides is 1. The minimum absolute atomic E-state index is 0.0888. The molecule has 1 aliphatic heterocycles. The average molecular weight is 519 g/mol. The third-order valence-corrected chi connectivity index (χ3v) is 6.48. The first-order chi connectivity index (χ1) is 17.9. The Hall–Kier alpha value is -4.37. The fourth-order valence-corrected chi connectivity index (χ4v) is 4.47. The number of hydrogen-bond donors (Lipinski definition) is 2. The highest BCUT2D eigenvalue weighted by molar-refractivity contribution is 6.30. The number of benzene rings is 2. The highest BCUT2D eigenvalue weighted by Crippen LogP contribution is 2.38. The monoisotopic (exact) mass is 518 g/mol. The van der Waals surface area contributed by atoms with Gasteiger partial charge in [0.1, 0.15) is 0 Å². The molecule has 0 atom stereocenters. The Morgan fingerprint density at radius 2 is 1.95 bits per heavy atom. The largest absolute Gasteiger partial charge is 0.490 e. The molecule has 0 fully saturated rings. The van der Waals surface area contributed by atoms with Crippen molar-refractivity contribution >= 4 is 40.1 Å². The minimum atomic E-state index is -0.471. The molecule has 37 heavy (non-hydrogen) atoms. The van der Waals surface area contributed by atoms with Gasteiger partial charge in [0.25, 0.3) is 5.91 Å². The van der Waals surface area contributed by atoms with Crippen LogP contribution in [0.5, 0.6) is 11.6 Å². The maximum atomic E-state index is 13.0. The lowest BCUT2D eigenvalue weighted by Gasteiger charge is -2.19. The molecule has 188 valence electrons. The van der Waals surface area contributed by atoms with E-state index in [0.717, 1.165) is 22.4 Å². The van der Waals surface area contributed by atoms with Gasteiger partial charge in [0.15, 0.2) is 5.75 Å². The standard InChI is InChI=1S/C27H23ClN4O5/c1-36-25-14-18(4-8-24(25)32(34)35)17-3-6-20-22(13-17)30-21-7-2-16(12-23(21)31-27(20)33)10-11-37-26-9-5-19(28)15-29-26/h2,4-5,7-9,12-15,30H,3,6,10-11H2,1H3,(H,31,33). The number of halogens is 1. The lowest BCUT2D eigenvalue weighted by Crippen LogP contribution is -2.17. The second-order valence-electron chi connectivity index (χ2n) is 8.58. The molecule has 9 nitrogen and oxygen atoms in total. The normalized spacial score (nSPS) is 14.4. The molecule has 0 bridgehead atoms. The molecule has 1 aromatic heterocycles. The minimum Gasteiger partial charge on any atom is -0.490 e. The van der Waals surface area contributed by atoms with Crippen LogP contribution in [0.15, 0.2) is 72.1 Å². The van der Waals surface area contributed by atoms with Crippen molar-refractivity contribution in [2.45, 2.75) is 19.3 Å². The molecule has 0 unspecified atom stereocenters. The Balaban J connectivity index is 1.33. The van der Waals surface area contributed by atoms with E-state index >= 15 is 0 Å². The second kappa shape index (κ2) is 10.3. The van der Waals surface area contributed by atoms with Gasteiger partial charge in [-0.2, -0.15) is 0 Å². The predicted molar refractivity (Wildman–Crippen MR) is 141 cm³/mol.